The SMILES string of the molecule is O=C(CN1CCC[C@@H]1C(=O)O)Nc1ncc(Cc2ccc(F)cc2)s1. The van der Waals surface area contributed by atoms with Crippen LogP contribution in [0.3, 0.4) is 0 Å². The Morgan fingerprint density at radius 1 is 1.36 bits per heavy atom. The van der Waals surface area contributed by atoms with E-state index in [0.29, 0.717) is 24.5 Å². The van der Waals surface area contributed by atoms with Crippen LogP contribution in [0, 0.1) is 5.82 Å². The van der Waals surface area contributed by atoms with E-state index in [4.69, 9.17) is 5.11 Å². The van der Waals surface area contributed by atoms with E-state index in [1.807, 2.05) is 0 Å². The average Bonchev–Trinajstić information content (AvgIpc) is 3.19. The minimum absolute atomic E-state index is 0.0455. The van der Waals surface area contributed by atoms with Crippen molar-refractivity contribution in [1.29, 1.82) is 0 Å². The van der Waals surface area contributed by atoms with Gasteiger partial charge in [0, 0.05) is 17.5 Å². The number of aliphatic carboxylic acids is 1. The number of benzene rings is 1. The number of carbonyl (C=O) groups excluding carboxylic acids is 1. The van der Waals surface area contributed by atoms with Crippen molar-refractivity contribution in [2.75, 3.05) is 18.4 Å². The topological polar surface area (TPSA) is 82.5 Å². The third-order valence-corrected chi connectivity index (χ3v) is 5.00. The first-order valence-electron chi connectivity index (χ1n) is 7.97. The lowest BCUT2D eigenvalue weighted by Crippen LogP contribution is -2.40. The molecule has 1 amide bonds. The van der Waals surface area contributed by atoms with Gasteiger partial charge in [-0.25, -0.2) is 9.37 Å². The summed E-state index contributed by atoms with van der Waals surface area (Å²) in [6.45, 7) is 0.655. The van der Waals surface area contributed by atoms with Gasteiger partial charge in [0.2, 0.25) is 5.91 Å². The molecule has 8 heteroatoms. The molecule has 1 saturated heterocycles. The van der Waals surface area contributed by atoms with Crippen LogP contribution in [0.4, 0.5) is 9.52 Å². The highest BCUT2D eigenvalue weighted by atomic mass is 32.1. The predicted octanol–water partition coefficient (Wildman–Crippen LogP) is 2.36. The molecule has 1 atom stereocenters. The fraction of sp³-hybridized carbons (Fsp3) is 0.353. The number of rotatable bonds is 6. The second-order valence-electron chi connectivity index (χ2n) is 5.95. The highest BCUT2D eigenvalue weighted by Crippen LogP contribution is 2.22. The molecule has 132 valence electrons. The van der Waals surface area contributed by atoms with Gasteiger partial charge < -0.3 is 10.4 Å². The number of thiazole rings is 1. The predicted molar refractivity (Wildman–Crippen MR) is 92.2 cm³/mol. The van der Waals surface area contributed by atoms with Gasteiger partial charge in [-0.05, 0) is 37.1 Å². The van der Waals surface area contributed by atoms with Crippen molar-refractivity contribution in [2.45, 2.75) is 25.3 Å². The number of hydrogen-bond donors (Lipinski definition) is 2. The first kappa shape index (κ1) is 17.5. The summed E-state index contributed by atoms with van der Waals surface area (Å²) in [5, 5.41) is 12.3. The monoisotopic (exact) mass is 363 g/mol. The number of nitrogens with zero attached hydrogens (tertiary/aromatic N) is 2. The highest BCUT2D eigenvalue weighted by Gasteiger charge is 2.31. The summed E-state index contributed by atoms with van der Waals surface area (Å²) in [6, 6.07) is 5.66. The van der Waals surface area contributed by atoms with Gasteiger partial charge in [-0.2, -0.15) is 0 Å². The van der Waals surface area contributed by atoms with Gasteiger partial charge in [-0.15, -0.1) is 11.3 Å². The Bertz CT molecular complexity index is 763. The van der Waals surface area contributed by atoms with Gasteiger partial charge in [0.15, 0.2) is 5.13 Å². The molecule has 0 bridgehead atoms. The molecule has 2 N–H and O–H groups in total. The smallest absolute Gasteiger partial charge is 0.320 e. The third-order valence-electron chi connectivity index (χ3n) is 4.09. The lowest BCUT2D eigenvalue weighted by molar-refractivity contribution is -0.142. The van der Waals surface area contributed by atoms with Crippen molar-refractivity contribution in [3.05, 3.63) is 46.7 Å². The van der Waals surface area contributed by atoms with Crippen molar-refractivity contribution < 1.29 is 19.1 Å². The van der Waals surface area contributed by atoms with Gasteiger partial charge in [-0.3, -0.25) is 14.5 Å². The summed E-state index contributed by atoms with van der Waals surface area (Å²) in [7, 11) is 0. The van der Waals surface area contributed by atoms with Crippen molar-refractivity contribution in [1.82, 2.24) is 9.88 Å². The molecule has 0 saturated carbocycles. The third kappa shape index (κ3) is 4.61. The Hall–Kier alpha value is -2.32. The van der Waals surface area contributed by atoms with Gasteiger partial charge in [0.25, 0.3) is 0 Å². The summed E-state index contributed by atoms with van der Waals surface area (Å²) >= 11 is 1.35. The Morgan fingerprint density at radius 3 is 2.84 bits per heavy atom. The maximum atomic E-state index is 12.9. The number of aromatic nitrogens is 1. The summed E-state index contributed by atoms with van der Waals surface area (Å²) in [4.78, 5) is 30.1. The molecular weight excluding hydrogens is 345 g/mol. The molecule has 0 unspecified atom stereocenters. The number of nitrogens with one attached hydrogen (secondary N) is 1. The Morgan fingerprint density at radius 2 is 2.12 bits per heavy atom. The molecule has 6 nitrogen and oxygen atoms in total. The molecular formula is C17H18FN3O3S. The van der Waals surface area contributed by atoms with Gasteiger partial charge in [-0.1, -0.05) is 12.1 Å². The molecule has 25 heavy (non-hydrogen) atoms. The van der Waals surface area contributed by atoms with Crippen LogP contribution >= 0.6 is 11.3 Å². The molecule has 1 fully saturated rings. The van der Waals surface area contributed by atoms with Crippen molar-refractivity contribution in [3.63, 3.8) is 0 Å². The van der Waals surface area contributed by atoms with Crippen LogP contribution in [0.1, 0.15) is 23.3 Å². The number of carboxylic acid groups (broad SMARTS) is 1. The van der Waals surface area contributed by atoms with E-state index in [1.165, 1.54) is 23.5 Å². The fourth-order valence-electron chi connectivity index (χ4n) is 2.89. The molecule has 1 aliphatic rings. The Kier molecular flexibility index (Phi) is 5.40. The second-order valence-corrected chi connectivity index (χ2v) is 7.07. The maximum Gasteiger partial charge on any atom is 0.320 e. The Balaban J connectivity index is 1.55. The van der Waals surface area contributed by atoms with Gasteiger partial charge >= 0.3 is 5.97 Å². The van der Waals surface area contributed by atoms with Crippen LogP contribution in [0.5, 0.6) is 0 Å². The largest absolute Gasteiger partial charge is 0.480 e. The Labute approximate surface area is 148 Å². The van der Waals surface area contributed by atoms with Crippen LogP contribution in [0.25, 0.3) is 0 Å². The maximum absolute atomic E-state index is 12.9. The van der Waals surface area contributed by atoms with Crippen LogP contribution in [-0.2, 0) is 16.0 Å². The average molecular weight is 363 g/mol. The van der Waals surface area contributed by atoms with Crippen LogP contribution in [0.15, 0.2) is 30.5 Å². The number of carbonyl (C=O) groups is 2. The molecule has 1 aromatic carbocycles. The quantitative estimate of drug-likeness (QED) is 0.823. The highest BCUT2D eigenvalue weighted by molar-refractivity contribution is 7.15. The molecule has 0 radical (unpaired) electrons. The first-order valence-corrected chi connectivity index (χ1v) is 8.79. The minimum atomic E-state index is -0.888. The first-order chi connectivity index (χ1) is 12.0. The lowest BCUT2D eigenvalue weighted by atomic mass is 10.1. The number of amides is 1. The number of halogens is 1. The molecule has 2 heterocycles. The normalized spacial score (nSPS) is 17.6. The van der Waals surface area contributed by atoms with Crippen molar-refractivity contribution in [2.24, 2.45) is 0 Å². The van der Waals surface area contributed by atoms with Crippen LogP contribution in [0.2, 0.25) is 0 Å². The summed E-state index contributed by atoms with van der Waals surface area (Å²) in [6.07, 6.45) is 3.64. The molecule has 0 spiro atoms. The van der Waals surface area contributed by atoms with E-state index in [-0.39, 0.29) is 18.3 Å². The molecule has 3 rings (SSSR count). The van der Waals surface area contributed by atoms with Crippen LogP contribution < -0.4 is 5.32 Å². The summed E-state index contributed by atoms with van der Waals surface area (Å²) < 4.78 is 12.9. The molecule has 1 aromatic heterocycles. The van der Waals surface area contributed by atoms with Gasteiger partial charge in [0.05, 0.1) is 6.54 Å². The van der Waals surface area contributed by atoms with E-state index in [0.717, 1.165) is 16.9 Å². The molecule has 1 aliphatic heterocycles. The van der Waals surface area contributed by atoms with E-state index >= 15 is 0 Å². The van der Waals surface area contributed by atoms with Crippen molar-refractivity contribution >= 4 is 28.3 Å². The zero-order chi connectivity index (χ0) is 17.8. The lowest BCUT2D eigenvalue weighted by Gasteiger charge is -2.19. The number of carboxylic acids is 1. The molecule has 0 aliphatic carbocycles. The van der Waals surface area contributed by atoms with Gasteiger partial charge in [0.1, 0.15) is 11.9 Å². The fourth-order valence-corrected chi connectivity index (χ4v) is 3.75. The number of likely N-dealkylation sites (tertiary alicyclic amines) is 1. The molecule has 2 aromatic rings. The van der Waals surface area contributed by atoms with E-state index < -0.39 is 12.0 Å². The van der Waals surface area contributed by atoms with E-state index in [2.05, 4.69) is 10.3 Å². The minimum Gasteiger partial charge on any atom is -0.480 e. The van der Waals surface area contributed by atoms with E-state index in [9.17, 15) is 14.0 Å². The summed E-state index contributed by atoms with van der Waals surface area (Å²) in [5.74, 6) is -1.43. The second kappa shape index (κ2) is 7.71. The standard InChI is InChI=1S/C17H18FN3O3S/c18-12-5-3-11(4-6-12)8-13-9-19-17(25-13)20-15(22)10-21-7-1-2-14(21)16(23)24/h3-6,9,14H,1-2,7-8,10H2,(H,23,24)(H,19,20,22)/t14-/m1/s1. The van der Waals surface area contributed by atoms with Crippen LogP contribution in [-0.4, -0.2) is 46.0 Å². The summed E-state index contributed by atoms with van der Waals surface area (Å²) in [5.41, 5.74) is 0.962. The van der Waals surface area contributed by atoms with E-state index in [1.54, 1.807) is 23.2 Å². The number of hydrogen-bond acceptors (Lipinski definition) is 5. The number of anilines is 1. The zero-order valence-corrected chi connectivity index (χ0v) is 14.3. The zero-order valence-electron chi connectivity index (χ0n) is 13.4. The van der Waals surface area contributed by atoms with Crippen molar-refractivity contribution in [3.8, 4) is 0 Å².